The molecule has 0 radical (unpaired) electrons. The maximum Gasteiger partial charge on any atom is 0.222 e. The fourth-order valence-electron chi connectivity index (χ4n) is 1.92. The van der Waals surface area contributed by atoms with E-state index in [4.69, 9.17) is 0 Å². The van der Waals surface area contributed by atoms with Gasteiger partial charge in [0, 0.05) is 36.2 Å². The van der Waals surface area contributed by atoms with Crippen molar-refractivity contribution in [1.29, 1.82) is 0 Å². The van der Waals surface area contributed by atoms with Gasteiger partial charge in [-0.1, -0.05) is 25.1 Å². The number of benzene rings is 1. The smallest absolute Gasteiger partial charge is 0.222 e. The molecule has 0 heterocycles. The molecule has 0 saturated carbocycles. The van der Waals surface area contributed by atoms with Crippen molar-refractivity contribution in [3.05, 3.63) is 30.3 Å². The number of hydrogen-bond acceptors (Lipinski definition) is 3. The highest BCUT2D eigenvalue weighted by atomic mass is 32.2. The molecule has 3 N–H and O–H groups in total. The van der Waals surface area contributed by atoms with E-state index in [0.29, 0.717) is 13.0 Å². The minimum atomic E-state index is 0.0589. The molecule has 1 atom stereocenters. The Bertz CT molecular complexity index is 493. The number of amides is 1. The van der Waals surface area contributed by atoms with Crippen molar-refractivity contribution in [1.82, 2.24) is 16.0 Å². The van der Waals surface area contributed by atoms with Crippen LogP contribution in [0.4, 0.5) is 0 Å². The summed E-state index contributed by atoms with van der Waals surface area (Å²) < 4.78 is 0. The summed E-state index contributed by atoms with van der Waals surface area (Å²) in [5, 5.41) is 9.46. The number of carbonyl (C=O) groups is 1. The molecule has 1 aromatic carbocycles. The molecule has 5 nitrogen and oxygen atoms in total. The summed E-state index contributed by atoms with van der Waals surface area (Å²) in [7, 11) is 0. The molecule has 0 aliphatic carbocycles. The van der Waals surface area contributed by atoms with Crippen molar-refractivity contribution in [3.63, 3.8) is 0 Å². The summed E-state index contributed by atoms with van der Waals surface area (Å²) in [6.45, 7) is 8.22. The van der Waals surface area contributed by atoms with Gasteiger partial charge in [-0.3, -0.25) is 9.79 Å². The number of rotatable bonds is 10. The molecule has 0 aliphatic rings. The van der Waals surface area contributed by atoms with Gasteiger partial charge in [-0.2, -0.15) is 0 Å². The zero-order valence-corrected chi connectivity index (χ0v) is 15.8. The lowest BCUT2D eigenvalue weighted by Crippen LogP contribution is -2.39. The molecule has 24 heavy (non-hydrogen) atoms. The quantitative estimate of drug-likeness (QED) is 0.263. The Morgan fingerprint density at radius 1 is 1.21 bits per heavy atom. The molecule has 1 amide bonds. The first-order valence-electron chi connectivity index (χ1n) is 8.65. The highest BCUT2D eigenvalue weighted by molar-refractivity contribution is 7.99. The Morgan fingerprint density at radius 2 is 1.96 bits per heavy atom. The fraction of sp³-hybridized carbons (Fsp3) is 0.556. The Kier molecular flexibility index (Phi) is 10.8. The topological polar surface area (TPSA) is 65.5 Å². The highest BCUT2D eigenvalue weighted by Crippen LogP contribution is 2.15. The van der Waals surface area contributed by atoms with Gasteiger partial charge in [-0.15, -0.1) is 11.8 Å². The molecule has 0 aromatic heterocycles. The number of guanidine groups is 1. The lowest BCUT2D eigenvalue weighted by molar-refractivity contribution is -0.121. The van der Waals surface area contributed by atoms with Crippen LogP contribution in [0.5, 0.6) is 0 Å². The van der Waals surface area contributed by atoms with E-state index in [1.54, 1.807) is 0 Å². The van der Waals surface area contributed by atoms with E-state index in [2.05, 4.69) is 40.0 Å². The summed E-state index contributed by atoms with van der Waals surface area (Å²) in [5.41, 5.74) is 0. The zero-order valence-electron chi connectivity index (χ0n) is 15.0. The molecule has 0 fully saturated rings. The number of thioether (sulfide) groups is 1. The molecular formula is C18H30N4OS. The van der Waals surface area contributed by atoms with Crippen LogP contribution < -0.4 is 16.0 Å². The molecule has 1 aromatic rings. The van der Waals surface area contributed by atoms with Gasteiger partial charge in [0.15, 0.2) is 5.96 Å². The first-order valence-corrected chi connectivity index (χ1v) is 9.63. The third-order valence-corrected chi connectivity index (χ3v) is 4.39. The van der Waals surface area contributed by atoms with Gasteiger partial charge in [0.1, 0.15) is 0 Å². The van der Waals surface area contributed by atoms with Crippen LogP contribution in [0.1, 0.15) is 33.6 Å². The number of nitrogens with zero attached hydrogens (tertiary/aromatic N) is 1. The molecule has 1 unspecified atom stereocenters. The van der Waals surface area contributed by atoms with Crippen molar-refractivity contribution in [2.24, 2.45) is 4.99 Å². The van der Waals surface area contributed by atoms with Crippen LogP contribution >= 0.6 is 11.8 Å². The van der Waals surface area contributed by atoms with Gasteiger partial charge in [-0.05, 0) is 32.4 Å². The maximum absolute atomic E-state index is 11.7. The highest BCUT2D eigenvalue weighted by Gasteiger charge is 2.05. The van der Waals surface area contributed by atoms with Crippen molar-refractivity contribution in [3.8, 4) is 0 Å². The predicted molar refractivity (Wildman–Crippen MR) is 104 cm³/mol. The van der Waals surface area contributed by atoms with E-state index >= 15 is 0 Å². The molecule has 0 spiro atoms. The summed E-state index contributed by atoms with van der Waals surface area (Å²) in [4.78, 5) is 17.5. The van der Waals surface area contributed by atoms with Gasteiger partial charge in [0.05, 0.1) is 6.54 Å². The molecular weight excluding hydrogens is 320 g/mol. The average molecular weight is 351 g/mol. The molecule has 0 bridgehead atoms. The first-order chi connectivity index (χ1) is 11.7. The Hall–Kier alpha value is -1.69. The summed E-state index contributed by atoms with van der Waals surface area (Å²) in [5.74, 6) is 1.79. The molecule has 6 heteroatoms. The normalized spacial score (nSPS) is 12.5. The summed E-state index contributed by atoms with van der Waals surface area (Å²) >= 11 is 1.81. The summed E-state index contributed by atoms with van der Waals surface area (Å²) in [6.07, 6.45) is 1.36. The second-order valence-electron chi connectivity index (χ2n) is 5.48. The predicted octanol–water partition coefficient (Wildman–Crippen LogP) is 2.64. The van der Waals surface area contributed by atoms with E-state index in [1.807, 2.05) is 43.8 Å². The van der Waals surface area contributed by atoms with E-state index in [1.165, 1.54) is 4.90 Å². The average Bonchev–Trinajstić information content (AvgIpc) is 2.59. The lowest BCUT2D eigenvalue weighted by atomic mass is 10.2. The van der Waals surface area contributed by atoms with Crippen LogP contribution in [0.2, 0.25) is 0 Å². The molecule has 1 rings (SSSR count). The number of carbonyl (C=O) groups excluding carboxylic acids is 1. The fourth-order valence-corrected chi connectivity index (χ4v) is 2.70. The largest absolute Gasteiger partial charge is 0.357 e. The minimum Gasteiger partial charge on any atom is -0.357 e. The Morgan fingerprint density at radius 3 is 2.62 bits per heavy atom. The van der Waals surface area contributed by atoms with Gasteiger partial charge < -0.3 is 16.0 Å². The standard InChI is InChI=1S/C18H30N4OS/c1-4-15(3)22-17(23)11-12-20-18(19-5-2)21-13-14-24-16-9-7-6-8-10-16/h6-10,15H,4-5,11-14H2,1-3H3,(H,22,23)(H2,19,20,21). The van der Waals surface area contributed by atoms with Crippen LogP contribution in [0.15, 0.2) is 40.2 Å². The Labute approximate surface area is 150 Å². The molecule has 134 valence electrons. The minimum absolute atomic E-state index is 0.0589. The van der Waals surface area contributed by atoms with Crippen molar-refractivity contribution in [2.45, 2.75) is 44.6 Å². The second-order valence-corrected chi connectivity index (χ2v) is 6.64. The maximum atomic E-state index is 11.7. The van der Waals surface area contributed by atoms with Crippen LogP contribution in [-0.2, 0) is 4.79 Å². The lowest BCUT2D eigenvalue weighted by Gasteiger charge is -2.12. The van der Waals surface area contributed by atoms with Crippen LogP contribution in [-0.4, -0.2) is 43.3 Å². The first kappa shape index (κ1) is 20.4. The van der Waals surface area contributed by atoms with Crippen LogP contribution in [0, 0.1) is 0 Å². The van der Waals surface area contributed by atoms with E-state index in [9.17, 15) is 4.79 Å². The number of aliphatic imine (C=N–C) groups is 1. The van der Waals surface area contributed by atoms with Crippen LogP contribution in [0.25, 0.3) is 0 Å². The monoisotopic (exact) mass is 350 g/mol. The Balaban J connectivity index is 2.27. The second kappa shape index (κ2) is 12.7. The third-order valence-electron chi connectivity index (χ3n) is 3.38. The number of nitrogens with one attached hydrogen (secondary N) is 3. The van der Waals surface area contributed by atoms with E-state index in [0.717, 1.165) is 31.2 Å². The van der Waals surface area contributed by atoms with Gasteiger partial charge >= 0.3 is 0 Å². The third kappa shape index (κ3) is 9.45. The number of hydrogen-bond donors (Lipinski definition) is 3. The SMILES string of the molecule is CCNC(=NCCC(=O)NC(C)CC)NCCSc1ccccc1. The van der Waals surface area contributed by atoms with Crippen molar-refractivity contribution in [2.75, 3.05) is 25.4 Å². The van der Waals surface area contributed by atoms with Crippen molar-refractivity contribution < 1.29 is 4.79 Å². The molecule has 0 saturated heterocycles. The van der Waals surface area contributed by atoms with E-state index < -0.39 is 0 Å². The zero-order chi connectivity index (χ0) is 17.6. The molecule has 0 aliphatic heterocycles. The van der Waals surface area contributed by atoms with Gasteiger partial charge in [0.25, 0.3) is 0 Å². The van der Waals surface area contributed by atoms with E-state index in [-0.39, 0.29) is 11.9 Å². The van der Waals surface area contributed by atoms with Crippen LogP contribution in [0.3, 0.4) is 0 Å². The summed E-state index contributed by atoms with van der Waals surface area (Å²) in [6, 6.07) is 10.6. The van der Waals surface area contributed by atoms with Gasteiger partial charge in [0.2, 0.25) is 5.91 Å². The van der Waals surface area contributed by atoms with Gasteiger partial charge in [-0.25, -0.2) is 0 Å². The van der Waals surface area contributed by atoms with Crippen molar-refractivity contribution >= 4 is 23.6 Å².